The first-order valence-electron chi connectivity index (χ1n) is 6.00. The quantitative estimate of drug-likeness (QED) is 0.854. The Kier molecular flexibility index (Phi) is 4.25. The largest absolute Gasteiger partial charge is 0.298 e. The molecule has 0 saturated heterocycles. The van der Waals surface area contributed by atoms with Crippen LogP contribution in [-0.4, -0.2) is 10.9 Å². The number of anilines is 1. The van der Waals surface area contributed by atoms with Crippen molar-refractivity contribution in [1.29, 1.82) is 0 Å². The number of amides is 1. The third kappa shape index (κ3) is 3.43. The Morgan fingerprint density at radius 2 is 2.10 bits per heavy atom. The van der Waals surface area contributed by atoms with Crippen LogP contribution in [0.2, 0.25) is 0 Å². The number of nitrogens with one attached hydrogen (secondary N) is 1. The van der Waals surface area contributed by atoms with Gasteiger partial charge in [-0.1, -0.05) is 20.8 Å². The molecule has 0 bridgehead atoms. The van der Waals surface area contributed by atoms with Gasteiger partial charge < -0.3 is 0 Å². The van der Waals surface area contributed by atoms with Gasteiger partial charge in [0.15, 0.2) is 5.13 Å². The Balaban J connectivity index is 2.15. The molecule has 0 aliphatic heterocycles. The van der Waals surface area contributed by atoms with Gasteiger partial charge in [0.25, 0.3) is 5.91 Å². The summed E-state index contributed by atoms with van der Waals surface area (Å²) in [4.78, 5) is 16.4. The molecule has 2 rings (SSSR count). The highest BCUT2D eigenvalue weighted by atomic mass is 79.9. The van der Waals surface area contributed by atoms with Crippen LogP contribution in [-0.2, 0) is 5.41 Å². The number of hydrogen-bond donors (Lipinski definition) is 1. The second-order valence-electron chi connectivity index (χ2n) is 5.37. The molecule has 1 aromatic heterocycles. The van der Waals surface area contributed by atoms with Gasteiger partial charge in [-0.15, -0.1) is 11.3 Å². The topological polar surface area (TPSA) is 42.0 Å². The minimum absolute atomic E-state index is 0.0663. The van der Waals surface area contributed by atoms with Crippen molar-refractivity contribution in [2.45, 2.75) is 26.2 Å². The van der Waals surface area contributed by atoms with E-state index in [4.69, 9.17) is 0 Å². The number of benzene rings is 1. The summed E-state index contributed by atoms with van der Waals surface area (Å²) < 4.78 is 13.7. The van der Waals surface area contributed by atoms with Gasteiger partial charge in [0, 0.05) is 16.4 Å². The van der Waals surface area contributed by atoms with E-state index in [0.29, 0.717) is 9.60 Å². The molecule has 0 aliphatic carbocycles. The molecule has 2 aromatic rings. The summed E-state index contributed by atoms with van der Waals surface area (Å²) in [6.45, 7) is 6.16. The van der Waals surface area contributed by atoms with E-state index in [2.05, 4.69) is 47.0 Å². The maximum absolute atomic E-state index is 13.4. The molecule has 1 heterocycles. The predicted octanol–water partition coefficient (Wildman–Crippen LogP) is 4.59. The Bertz CT molecular complexity index is 649. The number of hydrogen-bond acceptors (Lipinski definition) is 3. The monoisotopic (exact) mass is 356 g/mol. The summed E-state index contributed by atoms with van der Waals surface area (Å²) in [5.41, 5.74) is 1.11. The lowest BCUT2D eigenvalue weighted by atomic mass is 9.93. The third-order valence-electron chi connectivity index (χ3n) is 2.67. The van der Waals surface area contributed by atoms with E-state index in [0.717, 1.165) is 5.69 Å². The highest BCUT2D eigenvalue weighted by Crippen LogP contribution is 2.26. The average molecular weight is 357 g/mol. The summed E-state index contributed by atoms with van der Waals surface area (Å²) in [7, 11) is 0. The fourth-order valence-electron chi connectivity index (χ4n) is 1.48. The van der Waals surface area contributed by atoms with Crippen molar-refractivity contribution in [3.8, 4) is 0 Å². The van der Waals surface area contributed by atoms with Gasteiger partial charge in [-0.3, -0.25) is 10.1 Å². The fraction of sp³-hybridized carbons (Fsp3) is 0.286. The number of halogens is 2. The Labute approximate surface area is 129 Å². The van der Waals surface area contributed by atoms with E-state index in [-0.39, 0.29) is 16.9 Å². The molecular weight excluding hydrogens is 343 g/mol. The van der Waals surface area contributed by atoms with Crippen molar-refractivity contribution in [3.05, 3.63) is 45.1 Å². The smallest absolute Gasteiger partial charge is 0.257 e. The summed E-state index contributed by atoms with van der Waals surface area (Å²) >= 11 is 4.41. The van der Waals surface area contributed by atoms with Gasteiger partial charge in [0.05, 0.1) is 10.2 Å². The van der Waals surface area contributed by atoms with Crippen LogP contribution in [0.5, 0.6) is 0 Å². The number of thiazole rings is 1. The van der Waals surface area contributed by atoms with E-state index in [1.165, 1.54) is 23.5 Å². The molecule has 0 spiro atoms. The number of carbonyl (C=O) groups is 1. The van der Waals surface area contributed by atoms with E-state index in [1.54, 1.807) is 6.07 Å². The zero-order valence-corrected chi connectivity index (χ0v) is 13.7. The summed E-state index contributed by atoms with van der Waals surface area (Å²) in [6.07, 6.45) is 0. The maximum Gasteiger partial charge on any atom is 0.257 e. The number of carbonyl (C=O) groups excluding carboxylic acids is 1. The molecule has 0 saturated carbocycles. The van der Waals surface area contributed by atoms with Crippen LogP contribution in [0.3, 0.4) is 0 Å². The van der Waals surface area contributed by atoms with Crippen LogP contribution >= 0.6 is 27.3 Å². The standard InChI is InChI=1S/C14H14BrFN2OS/c1-14(2,3)11-7-20-13(17-11)18-12(19)8-4-5-9(15)10(16)6-8/h4-7H,1-3H3,(H,17,18,19). The van der Waals surface area contributed by atoms with E-state index >= 15 is 0 Å². The molecule has 6 heteroatoms. The van der Waals surface area contributed by atoms with Crippen molar-refractivity contribution in [3.63, 3.8) is 0 Å². The molecule has 0 fully saturated rings. The second-order valence-corrected chi connectivity index (χ2v) is 7.08. The van der Waals surface area contributed by atoms with Gasteiger partial charge in [-0.25, -0.2) is 9.37 Å². The zero-order chi connectivity index (χ0) is 14.9. The molecule has 0 unspecified atom stereocenters. The molecule has 0 radical (unpaired) electrons. The van der Waals surface area contributed by atoms with Crippen molar-refractivity contribution < 1.29 is 9.18 Å². The minimum Gasteiger partial charge on any atom is -0.298 e. The molecule has 1 N–H and O–H groups in total. The van der Waals surface area contributed by atoms with Crippen LogP contribution < -0.4 is 5.32 Å². The number of rotatable bonds is 2. The minimum atomic E-state index is -0.466. The molecule has 0 aliphatic rings. The molecule has 0 atom stereocenters. The first-order valence-corrected chi connectivity index (χ1v) is 7.67. The summed E-state index contributed by atoms with van der Waals surface area (Å²) in [5, 5.41) is 5.12. The van der Waals surface area contributed by atoms with E-state index in [9.17, 15) is 9.18 Å². The normalized spacial score (nSPS) is 11.4. The molecule has 106 valence electrons. The molecular formula is C14H14BrFN2OS. The van der Waals surface area contributed by atoms with Crippen molar-refractivity contribution in [2.75, 3.05) is 5.32 Å². The lowest BCUT2D eigenvalue weighted by Crippen LogP contribution is -2.14. The Morgan fingerprint density at radius 1 is 1.40 bits per heavy atom. The van der Waals surface area contributed by atoms with Crippen LogP contribution in [0.1, 0.15) is 36.8 Å². The van der Waals surface area contributed by atoms with Gasteiger partial charge in [0.2, 0.25) is 0 Å². The highest BCUT2D eigenvalue weighted by Gasteiger charge is 2.18. The Morgan fingerprint density at radius 3 is 2.65 bits per heavy atom. The predicted molar refractivity (Wildman–Crippen MR) is 82.9 cm³/mol. The first kappa shape index (κ1) is 15.1. The summed E-state index contributed by atoms with van der Waals surface area (Å²) in [5.74, 6) is -0.835. The van der Waals surface area contributed by atoms with Crippen LogP contribution in [0.25, 0.3) is 0 Å². The van der Waals surface area contributed by atoms with E-state index < -0.39 is 5.82 Å². The van der Waals surface area contributed by atoms with Gasteiger partial charge in [-0.2, -0.15) is 0 Å². The number of aromatic nitrogens is 1. The van der Waals surface area contributed by atoms with Gasteiger partial charge in [-0.05, 0) is 34.1 Å². The third-order valence-corrected chi connectivity index (χ3v) is 4.08. The average Bonchev–Trinajstić information content (AvgIpc) is 2.81. The van der Waals surface area contributed by atoms with Crippen LogP contribution in [0.15, 0.2) is 28.1 Å². The van der Waals surface area contributed by atoms with Crippen molar-refractivity contribution in [1.82, 2.24) is 4.98 Å². The molecule has 20 heavy (non-hydrogen) atoms. The maximum atomic E-state index is 13.4. The lowest BCUT2D eigenvalue weighted by Gasteiger charge is -2.14. The van der Waals surface area contributed by atoms with E-state index in [1.807, 2.05) is 5.38 Å². The van der Waals surface area contributed by atoms with Crippen LogP contribution in [0, 0.1) is 5.82 Å². The van der Waals surface area contributed by atoms with Gasteiger partial charge >= 0.3 is 0 Å². The lowest BCUT2D eigenvalue weighted by molar-refractivity contribution is 0.102. The molecule has 1 aromatic carbocycles. The highest BCUT2D eigenvalue weighted by molar-refractivity contribution is 9.10. The zero-order valence-electron chi connectivity index (χ0n) is 11.3. The fourth-order valence-corrected chi connectivity index (χ4v) is 2.66. The van der Waals surface area contributed by atoms with Crippen LogP contribution in [0.4, 0.5) is 9.52 Å². The van der Waals surface area contributed by atoms with Gasteiger partial charge in [0.1, 0.15) is 5.82 Å². The SMILES string of the molecule is CC(C)(C)c1csc(NC(=O)c2ccc(Br)c(F)c2)n1. The molecule has 1 amide bonds. The van der Waals surface area contributed by atoms with Crippen molar-refractivity contribution in [2.24, 2.45) is 0 Å². The van der Waals surface area contributed by atoms with Crippen molar-refractivity contribution >= 4 is 38.3 Å². The summed E-state index contributed by atoms with van der Waals surface area (Å²) in [6, 6.07) is 4.26. The second kappa shape index (κ2) is 5.61. The Hall–Kier alpha value is -1.27. The molecule has 3 nitrogen and oxygen atoms in total. The number of nitrogens with zero attached hydrogens (tertiary/aromatic N) is 1. The first-order chi connectivity index (χ1) is 9.27.